The van der Waals surface area contributed by atoms with Gasteiger partial charge in [-0.3, -0.25) is 0 Å². The Morgan fingerprint density at radius 2 is 0.500 bits per heavy atom. The Morgan fingerprint density at radius 1 is 0.276 bits per heavy atom. The largest absolute Gasteiger partial charge is 0.243 e. The van der Waals surface area contributed by atoms with Crippen molar-refractivity contribution in [2.24, 2.45) is 0 Å². The average Bonchev–Trinajstić information content (AvgIpc) is 4.38. The fourth-order valence-electron chi connectivity index (χ4n) is 14.6. The van der Waals surface area contributed by atoms with Crippen molar-refractivity contribution in [1.82, 2.24) is 20.6 Å². The minimum Gasteiger partial charge on any atom is -0.243 e. The topological polar surface area (TPSA) is 77.8 Å². The van der Waals surface area contributed by atoms with E-state index in [1.54, 1.807) is 0 Å². The van der Waals surface area contributed by atoms with Crippen LogP contribution in [0.15, 0.2) is 33.5 Å². The van der Waals surface area contributed by atoms with Crippen LogP contribution in [0.1, 0.15) is 344 Å². The zero-order valence-corrected chi connectivity index (χ0v) is 50.0. The average molecular weight is 1040 g/mol. The summed E-state index contributed by atoms with van der Waals surface area (Å²) in [5.41, 5.74) is 17.4. The highest BCUT2D eigenvalue weighted by molar-refractivity contribution is 6.04. The molecule has 2 aliphatic rings. The molecule has 6 nitrogen and oxygen atoms in total. The van der Waals surface area contributed by atoms with E-state index in [0.717, 1.165) is 22.1 Å². The van der Waals surface area contributed by atoms with Gasteiger partial charge in [-0.2, -0.15) is 0 Å². The molecule has 0 bridgehead atoms. The number of nitrogens with zero attached hydrogens (tertiary/aromatic N) is 4. The zero-order valence-electron chi connectivity index (χ0n) is 50.0. The zero-order chi connectivity index (χ0) is 53.3. The first-order valence-electron chi connectivity index (χ1n) is 33.2. The Hall–Kier alpha value is -3.54. The van der Waals surface area contributed by atoms with Crippen LogP contribution in [0, 0.1) is 13.8 Å². The summed E-state index contributed by atoms with van der Waals surface area (Å²) in [4.78, 5) is 0. The van der Waals surface area contributed by atoms with Gasteiger partial charge in [0, 0.05) is 22.0 Å². The Bertz CT molecular complexity index is 2210. The van der Waals surface area contributed by atoms with Crippen molar-refractivity contribution >= 4 is 22.1 Å². The van der Waals surface area contributed by atoms with Crippen LogP contribution in [0.25, 0.3) is 44.3 Å². The van der Waals surface area contributed by atoms with Gasteiger partial charge in [0.15, 0.2) is 0 Å². The number of aryl methyl sites for hydroxylation is 2. The van der Waals surface area contributed by atoms with Crippen molar-refractivity contribution in [2.45, 2.75) is 335 Å². The van der Waals surface area contributed by atoms with Crippen molar-refractivity contribution in [3.05, 3.63) is 57.6 Å². The molecule has 2 aliphatic carbocycles. The maximum atomic E-state index is 5.73. The second-order valence-electron chi connectivity index (χ2n) is 25.0. The standard InChI is InChI=1S/C70H110N4O2/c1-7-11-15-19-23-27-31-35-39-43-47-69(48-44-40-36-32-28-24-20-16-12-8-2)59-53-58-60(54-57(59)63-61(69)51-55(5)65-67(63)73-75-71-65)70(49-45-41-37-33-29-25-21-17-13-9-3,50-46-42-38-34-30-26-22-18-14-10-4)62-52-56(6)66-68(64(58)62)74-76-72-66/h51-54H,7-50H2,1-6H3. The predicted molar refractivity (Wildman–Crippen MR) is 325 cm³/mol. The summed E-state index contributed by atoms with van der Waals surface area (Å²) in [7, 11) is 0. The lowest BCUT2D eigenvalue weighted by molar-refractivity contribution is 0.315. The van der Waals surface area contributed by atoms with Gasteiger partial charge < -0.3 is 0 Å². The van der Waals surface area contributed by atoms with Crippen LogP contribution in [0.5, 0.6) is 0 Å². The van der Waals surface area contributed by atoms with Gasteiger partial charge in [-0.05, 0) is 117 Å². The first kappa shape index (κ1) is 60.1. The third-order valence-corrected chi connectivity index (χ3v) is 19.0. The van der Waals surface area contributed by atoms with Crippen LogP contribution in [0.4, 0.5) is 0 Å². The van der Waals surface area contributed by atoms with Crippen LogP contribution in [-0.4, -0.2) is 20.6 Å². The SMILES string of the molecule is CCCCCCCCCCCCC1(CCCCCCCCCCCC)c2cc3c(cc2-c2c1cc(C)c1nonc21)C(CCCCCCCCCCCC)(CCCCCCCCCCCC)c1cc(C)c2nonc2c1-3. The number of unbranched alkanes of at least 4 members (excludes halogenated alkanes) is 36. The third-order valence-electron chi connectivity index (χ3n) is 19.0. The van der Waals surface area contributed by atoms with Gasteiger partial charge in [-0.15, -0.1) is 0 Å². The summed E-state index contributed by atoms with van der Waals surface area (Å²) in [6, 6.07) is 10.5. The monoisotopic (exact) mass is 1040 g/mol. The smallest absolute Gasteiger partial charge is 0.143 e. The molecule has 2 aromatic heterocycles. The van der Waals surface area contributed by atoms with Gasteiger partial charge in [-0.1, -0.05) is 297 Å². The minimum absolute atomic E-state index is 0.109. The van der Waals surface area contributed by atoms with Crippen LogP contribution in [0.2, 0.25) is 0 Å². The Balaban J connectivity index is 1.25. The normalized spacial score (nSPS) is 14.1. The number of rotatable bonds is 44. The summed E-state index contributed by atoms with van der Waals surface area (Å²) in [6.45, 7) is 13.8. The molecule has 0 amide bonds. The number of hydrogen-bond acceptors (Lipinski definition) is 6. The van der Waals surface area contributed by atoms with Gasteiger partial charge in [0.05, 0.1) is 0 Å². The molecular weight excluding hydrogens is 929 g/mol. The highest BCUT2D eigenvalue weighted by Gasteiger charge is 2.50. The molecule has 0 radical (unpaired) electrons. The van der Waals surface area contributed by atoms with E-state index in [2.05, 4.69) is 76.1 Å². The molecular formula is C70H110N4O2. The maximum absolute atomic E-state index is 5.73. The summed E-state index contributed by atoms with van der Waals surface area (Å²) in [5, 5.41) is 18.9. The van der Waals surface area contributed by atoms with E-state index in [1.165, 1.54) is 338 Å². The fraction of sp³-hybridized carbons (Fsp3) is 0.743. The number of benzene rings is 3. The second kappa shape index (κ2) is 32.5. The molecule has 0 aliphatic heterocycles. The van der Waals surface area contributed by atoms with Crippen LogP contribution >= 0.6 is 0 Å². The molecule has 2 heterocycles. The highest BCUT2D eigenvalue weighted by Crippen LogP contribution is 2.63. The predicted octanol–water partition coefficient (Wildman–Crippen LogP) is 23.2. The quantitative estimate of drug-likeness (QED) is 0.0362. The van der Waals surface area contributed by atoms with Gasteiger partial charge in [0.25, 0.3) is 0 Å². The second-order valence-corrected chi connectivity index (χ2v) is 25.0. The van der Waals surface area contributed by atoms with Crippen LogP contribution in [0.3, 0.4) is 0 Å². The molecule has 76 heavy (non-hydrogen) atoms. The van der Waals surface area contributed by atoms with E-state index < -0.39 is 0 Å². The number of aromatic nitrogens is 4. The van der Waals surface area contributed by atoms with Gasteiger partial charge in [-0.25, -0.2) is 9.26 Å². The van der Waals surface area contributed by atoms with Crippen molar-refractivity contribution in [3.8, 4) is 22.3 Å². The molecule has 6 heteroatoms. The number of fused-ring (bicyclic) bond motifs is 10. The van der Waals surface area contributed by atoms with E-state index in [4.69, 9.17) is 19.6 Å². The number of hydrogen-bond donors (Lipinski definition) is 0. The molecule has 0 N–H and O–H groups in total. The van der Waals surface area contributed by atoms with E-state index in [0.29, 0.717) is 0 Å². The van der Waals surface area contributed by atoms with Gasteiger partial charge >= 0.3 is 0 Å². The van der Waals surface area contributed by atoms with E-state index >= 15 is 0 Å². The molecule has 0 saturated carbocycles. The Morgan fingerprint density at radius 3 is 0.750 bits per heavy atom. The van der Waals surface area contributed by atoms with Crippen LogP contribution in [-0.2, 0) is 10.8 Å². The lowest BCUT2D eigenvalue weighted by Crippen LogP contribution is -2.27. The van der Waals surface area contributed by atoms with Crippen molar-refractivity contribution in [2.75, 3.05) is 0 Å². The molecule has 0 fully saturated rings. The molecule has 0 atom stereocenters. The molecule has 5 aromatic rings. The first-order chi connectivity index (χ1) is 37.5. The van der Waals surface area contributed by atoms with Gasteiger partial charge in [0.2, 0.25) is 0 Å². The van der Waals surface area contributed by atoms with E-state index in [1.807, 2.05) is 0 Å². The fourth-order valence-corrected chi connectivity index (χ4v) is 14.6. The minimum atomic E-state index is -0.109. The molecule has 0 spiro atoms. The molecule has 3 aromatic carbocycles. The lowest BCUT2D eigenvalue weighted by Gasteiger charge is -2.35. The van der Waals surface area contributed by atoms with E-state index in [-0.39, 0.29) is 10.8 Å². The summed E-state index contributed by atoms with van der Waals surface area (Å²) in [6.07, 6.45) is 58.7. The first-order valence-corrected chi connectivity index (χ1v) is 33.2. The third kappa shape index (κ3) is 15.4. The lowest BCUT2D eigenvalue weighted by atomic mass is 9.68. The molecule has 0 unspecified atom stereocenters. The molecule has 7 rings (SSSR count). The summed E-state index contributed by atoms with van der Waals surface area (Å²) in [5.74, 6) is 0. The Kier molecular flexibility index (Phi) is 25.7. The summed E-state index contributed by atoms with van der Waals surface area (Å²) < 4.78 is 11.5. The van der Waals surface area contributed by atoms with Crippen LogP contribution < -0.4 is 0 Å². The van der Waals surface area contributed by atoms with Gasteiger partial charge in [0.1, 0.15) is 22.1 Å². The van der Waals surface area contributed by atoms with Crippen molar-refractivity contribution < 1.29 is 9.26 Å². The van der Waals surface area contributed by atoms with Crippen molar-refractivity contribution in [1.29, 1.82) is 0 Å². The van der Waals surface area contributed by atoms with Crippen molar-refractivity contribution in [3.63, 3.8) is 0 Å². The Labute approximate surface area is 464 Å². The summed E-state index contributed by atoms with van der Waals surface area (Å²) >= 11 is 0. The molecule has 422 valence electrons. The highest BCUT2D eigenvalue weighted by atomic mass is 16.6. The maximum Gasteiger partial charge on any atom is 0.143 e. The molecule has 0 saturated heterocycles. The van der Waals surface area contributed by atoms with E-state index in [9.17, 15) is 0 Å².